The highest BCUT2D eigenvalue weighted by molar-refractivity contribution is 5.68. The van der Waals surface area contributed by atoms with Gasteiger partial charge < -0.3 is 20.1 Å². The van der Waals surface area contributed by atoms with Crippen LogP contribution in [-0.2, 0) is 9.47 Å². The van der Waals surface area contributed by atoms with Crippen molar-refractivity contribution in [3.05, 3.63) is 0 Å². The minimum atomic E-state index is -0.474. The predicted octanol–water partition coefficient (Wildman–Crippen LogP) is 2.00. The van der Waals surface area contributed by atoms with Gasteiger partial charge in [-0.05, 0) is 46.0 Å². The van der Waals surface area contributed by atoms with E-state index in [4.69, 9.17) is 15.2 Å². The highest BCUT2D eigenvalue weighted by Gasteiger charge is 2.27. The Balaban J connectivity index is 2.50. The number of hydrogen-bond donors (Lipinski definition) is 1. The molecule has 1 aliphatic heterocycles. The van der Waals surface area contributed by atoms with Crippen LogP contribution in [0.5, 0.6) is 0 Å². The summed E-state index contributed by atoms with van der Waals surface area (Å²) in [4.78, 5) is 13.6. The van der Waals surface area contributed by atoms with E-state index in [1.807, 2.05) is 20.8 Å². The fourth-order valence-corrected chi connectivity index (χ4v) is 2.27. The van der Waals surface area contributed by atoms with Gasteiger partial charge in [0.1, 0.15) is 5.60 Å². The van der Waals surface area contributed by atoms with Crippen LogP contribution in [0, 0.1) is 5.92 Å². The highest BCUT2D eigenvalue weighted by atomic mass is 16.6. The molecular formula is C14H28N2O3. The zero-order valence-corrected chi connectivity index (χ0v) is 12.6. The van der Waals surface area contributed by atoms with Gasteiger partial charge in [0.25, 0.3) is 0 Å². The molecule has 0 bridgehead atoms. The lowest BCUT2D eigenvalue weighted by atomic mass is 9.94. The molecule has 1 fully saturated rings. The third-order valence-electron chi connectivity index (χ3n) is 3.36. The quantitative estimate of drug-likeness (QED) is 0.850. The Hall–Kier alpha value is -0.810. The summed E-state index contributed by atoms with van der Waals surface area (Å²) in [6, 6.07) is 0.0153. The van der Waals surface area contributed by atoms with E-state index in [1.165, 1.54) is 0 Å². The smallest absolute Gasteiger partial charge is 0.410 e. The van der Waals surface area contributed by atoms with E-state index in [-0.39, 0.29) is 12.1 Å². The topological polar surface area (TPSA) is 64.8 Å². The van der Waals surface area contributed by atoms with E-state index >= 15 is 0 Å². The molecule has 1 heterocycles. The minimum Gasteiger partial charge on any atom is -0.444 e. The summed E-state index contributed by atoms with van der Waals surface area (Å²) in [6.07, 6.45) is 2.82. The summed E-state index contributed by atoms with van der Waals surface area (Å²) in [5, 5.41) is 0. The molecule has 0 aromatic carbocycles. The SMILES string of the molecule is CN(C(=O)OC(C)(C)C)[C@@H](CN)CC1CCCOC1. The van der Waals surface area contributed by atoms with Crippen LogP contribution in [0.1, 0.15) is 40.0 Å². The molecule has 0 radical (unpaired) electrons. The molecule has 0 aromatic rings. The van der Waals surface area contributed by atoms with Crippen molar-refractivity contribution in [3.63, 3.8) is 0 Å². The van der Waals surface area contributed by atoms with Crippen molar-refractivity contribution in [3.8, 4) is 0 Å². The molecule has 19 heavy (non-hydrogen) atoms. The number of rotatable bonds is 4. The Bertz CT molecular complexity index is 283. The molecule has 0 spiro atoms. The lowest BCUT2D eigenvalue weighted by molar-refractivity contribution is 0.0123. The maximum Gasteiger partial charge on any atom is 0.410 e. The number of nitrogens with zero attached hydrogens (tertiary/aromatic N) is 1. The first-order chi connectivity index (χ1) is 8.83. The standard InChI is InChI=1S/C14H28N2O3/c1-14(2,3)19-13(17)16(4)12(9-15)8-11-6-5-7-18-10-11/h11-12H,5-10,15H2,1-4H3/t11?,12-/m1/s1. The third-order valence-corrected chi connectivity index (χ3v) is 3.36. The Labute approximate surface area is 116 Å². The van der Waals surface area contributed by atoms with Gasteiger partial charge in [0.05, 0.1) is 0 Å². The molecular weight excluding hydrogens is 244 g/mol. The van der Waals surface area contributed by atoms with Crippen LogP contribution in [0.15, 0.2) is 0 Å². The molecule has 1 aliphatic rings. The second kappa shape index (κ2) is 7.10. The summed E-state index contributed by atoms with van der Waals surface area (Å²) in [5.41, 5.74) is 5.33. The third kappa shape index (κ3) is 5.78. The second-order valence-electron chi connectivity index (χ2n) is 6.30. The second-order valence-corrected chi connectivity index (χ2v) is 6.30. The number of nitrogens with two attached hydrogens (primary N) is 1. The molecule has 1 rings (SSSR count). The fourth-order valence-electron chi connectivity index (χ4n) is 2.27. The van der Waals surface area contributed by atoms with Gasteiger partial charge in [0.15, 0.2) is 0 Å². The van der Waals surface area contributed by atoms with Crippen LogP contribution < -0.4 is 5.73 Å². The monoisotopic (exact) mass is 272 g/mol. The zero-order valence-electron chi connectivity index (χ0n) is 12.6. The predicted molar refractivity (Wildman–Crippen MR) is 75.0 cm³/mol. The first-order valence-corrected chi connectivity index (χ1v) is 7.07. The van der Waals surface area contributed by atoms with Crippen molar-refractivity contribution in [2.75, 3.05) is 26.8 Å². The Kier molecular flexibility index (Phi) is 6.07. The number of carbonyl (C=O) groups is 1. The van der Waals surface area contributed by atoms with Gasteiger partial charge in [-0.25, -0.2) is 4.79 Å². The van der Waals surface area contributed by atoms with Crippen LogP contribution in [0.4, 0.5) is 4.79 Å². The van der Waals surface area contributed by atoms with Gasteiger partial charge in [0, 0.05) is 32.8 Å². The fraction of sp³-hybridized carbons (Fsp3) is 0.929. The molecule has 1 saturated heterocycles. The maximum atomic E-state index is 12.0. The van der Waals surface area contributed by atoms with Crippen LogP contribution in [0.3, 0.4) is 0 Å². The van der Waals surface area contributed by atoms with Gasteiger partial charge >= 0.3 is 6.09 Å². The average Bonchev–Trinajstić information content (AvgIpc) is 2.34. The molecule has 2 N–H and O–H groups in total. The van der Waals surface area contributed by atoms with Gasteiger partial charge in [-0.2, -0.15) is 0 Å². The van der Waals surface area contributed by atoms with Crippen molar-refractivity contribution in [2.24, 2.45) is 11.7 Å². The van der Waals surface area contributed by atoms with Gasteiger partial charge in [-0.3, -0.25) is 0 Å². The van der Waals surface area contributed by atoms with Crippen LogP contribution >= 0.6 is 0 Å². The number of amides is 1. The highest BCUT2D eigenvalue weighted by Crippen LogP contribution is 2.21. The van der Waals surface area contributed by atoms with Crippen LogP contribution in [0.25, 0.3) is 0 Å². The molecule has 0 aliphatic carbocycles. The lowest BCUT2D eigenvalue weighted by Gasteiger charge is -2.33. The number of ether oxygens (including phenoxy) is 2. The van der Waals surface area contributed by atoms with Crippen molar-refractivity contribution in [2.45, 2.75) is 51.7 Å². The Morgan fingerprint density at radius 3 is 2.68 bits per heavy atom. The lowest BCUT2D eigenvalue weighted by Crippen LogP contribution is -2.45. The number of likely N-dealkylation sites (N-methyl/N-ethyl adjacent to an activating group) is 1. The van der Waals surface area contributed by atoms with Crippen molar-refractivity contribution in [1.82, 2.24) is 4.90 Å². The van der Waals surface area contributed by atoms with Crippen LogP contribution in [-0.4, -0.2) is 49.4 Å². The van der Waals surface area contributed by atoms with E-state index in [0.29, 0.717) is 12.5 Å². The molecule has 5 heteroatoms. The van der Waals surface area contributed by atoms with Gasteiger partial charge in [-0.1, -0.05) is 0 Å². The zero-order chi connectivity index (χ0) is 14.5. The van der Waals surface area contributed by atoms with Crippen molar-refractivity contribution >= 4 is 6.09 Å². The summed E-state index contributed by atoms with van der Waals surface area (Å²) in [5.74, 6) is 0.493. The largest absolute Gasteiger partial charge is 0.444 e. The number of hydrogen-bond acceptors (Lipinski definition) is 4. The van der Waals surface area contributed by atoms with Crippen molar-refractivity contribution < 1.29 is 14.3 Å². The molecule has 1 amide bonds. The minimum absolute atomic E-state index is 0.0153. The normalized spacial score (nSPS) is 21.8. The first kappa shape index (κ1) is 16.2. The molecule has 1 unspecified atom stereocenters. The van der Waals surface area contributed by atoms with E-state index in [9.17, 15) is 4.79 Å². The summed E-state index contributed by atoms with van der Waals surface area (Å²) < 4.78 is 10.8. The average molecular weight is 272 g/mol. The number of carbonyl (C=O) groups excluding carboxylic acids is 1. The molecule has 5 nitrogen and oxygen atoms in total. The maximum absolute atomic E-state index is 12.0. The van der Waals surface area contributed by atoms with Crippen molar-refractivity contribution in [1.29, 1.82) is 0 Å². The Morgan fingerprint density at radius 2 is 2.21 bits per heavy atom. The summed E-state index contributed by atoms with van der Waals surface area (Å²) in [7, 11) is 1.76. The summed E-state index contributed by atoms with van der Waals surface area (Å²) >= 11 is 0. The van der Waals surface area contributed by atoms with E-state index in [2.05, 4.69) is 0 Å². The van der Waals surface area contributed by atoms with E-state index in [0.717, 1.165) is 32.5 Å². The molecule has 0 saturated carbocycles. The van der Waals surface area contributed by atoms with Crippen LogP contribution in [0.2, 0.25) is 0 Å². The summed E-state index contributed by atoms with van der Waals surface area (Å²) in [6.45, 7) is 7.68. The van der Waals surface area contributed by atoms with Gasteiger partial charge in [-0.15, -0.1) is 0 Å². The first-order valence-electron chi connectivity index (χ1n) is 7.07. The molecule has 112 valence electrons. The van der Waals surface area contributed by atoms with Gasteiger partial charge in [0.2, 0.25) is 0 Å². The molecule has 2 atom stereocenters. The van der Waals surface area contributed by atoms with E-state index in [1.54, 1.807) is 11.9 Å². The Morgan fingerprint density at radius 1 is 1.53 bits per heavy atom. The van der Waals surface area contributed by atoms with E-state index < -0.39 is 5.60 Å². The molecule has 0 aromatic heterocycles.